The Labute approximate surface area is 137 Å². The van der Waals surface area contributed by atoms with Gasteiger partial charge in [-0.3, -0.25) is 9.97 Å². The van der Waals surface area contributed by atoms with E-state index in [1.807, 2.05) is 30.5 Å². The van der Waals surface area contributed by atoms with E-state index in [0.29, 0.717) is 12.4 Å². The number of halogens is 1. The Morgan fingerprint density at radius 1 is 0.917 bits per heavy atom. The zero-order valence-electron chi connectivity index (χ0n) is 12.6. The lowest BCUT2D eigenvalue weighted by atomic mass is 10.3. The molecule has 0 aliphatic rings. The fourth-order valence-corrected chi connectivity index (χ4v) is 2.37. The summed E-state index contributed by atoms with van der Waals surface area (Å²) in [6.07, 6.45) is 5.12. The monoisotopic (exact) mass is 320 g/mol. The molecular formula is C18H13FN4O. The summed E-state index contributed by atoms with van der Waals surface area (Å²) in [5.74, 6) is 0.438. The van der Waals surface area contributed by atoms with E-state index in [2.05, 4.69) is 15.1 Å². The Kier molecular flexibility index (Phi) is 3.63. The third-order valence-electron chi connectivity index (χ3n) is 3.56. The highest BCUT2D eigenvalue weighted by Crippen LogP contribution is 2.18. The largest absolute Gasteiger partial charge is 0.487 e. The van der Waals surface area contributed by atoms with Gasteiger partial charge in [0.1, 0.15) is 23.9 Å². The van der Waals surface area contributed by atoms with Crippen LogP contribution in [0.2, 0.25) is 0 Å². The molecule has 0 spiro atoms. The Bertz CT molecular complexity index is 982. The second-order valence-corrected chi connectivity index (χ2v) is 5.22. The minimum absolute atomic E-state index is 0.270. The van der Waals surface area contributed by atoms with Crippen LogP contribution in [-0.4, -0.2) is 19.7 Å². The molecule has 0 N–H and O–H groups in total. The molecule has 118 valence electrons. The first-order chi connectivity index (χ1) is 11.8. The third kappa shape index (κ3) is 2.94. The van der Waals surface area contributed by atoms with Crippen LogP contribution in [0.4, 0.5) is 4.39 Å². The highest BCUT2D eigenvalue weighted by atomic mass is 19.1. The smallest absolute Gasteiger partial charge is 0.132 e. The van der Waals surface area contributed by atoms with Gasteiger partial charge < -0.3 is 4.74 Å². The first-order valence-electron chi connectivity index (χ1n) is 7.42. The van der Waals surface area contributed by atoms with Crippen LogP contribution in [0.15, 0.2) is 67.1 Å². The van der Waals surface area contributed by atoms with Gasteiger partial charge in [0, 0.05) is 24.7 Å². The number of hydrogen-bond acceptors (Lipinski definition) is 4. The summed E-state index contributed by atoms with van der Waals surface area (Å²) in [7, 11) is 0. The molecule has 5 nitrogen and oxygen atoms in total. The number of rotatable bonds is 4. The molecule has 6 heteroatoms. The fraction of sp³-hybridized carbons (Fsp3) is 0.0556. The van der Waals surface area contributed by atoms with Crippen LogP contribution in [0, 0.1) is 5.82 Å². The normalized spacial score (nSPS) is 10.9. The van der Waals surface area contributed by atoms with Crippen molar-refractivity contribution in [3.63, 3.8) is 0 Å². The van der Waals surface area contributed by atoms with Gasteiger partial charge in [-0.05, 0) is 42.5 Å². The summed E-state index contributed by atoms with van der Waals surface area (Å²) in [4.78, 5) is 8.48. The lowest BCUT2D eigenvalue weighted by Crippen LogP contribution is -2.00. The van der Waals surface area contributed by atoms with Crippen LogP contribution in [-0.2, 0) is 6.61 Å². The maximum Gasteiger partial charge on any atom is 0.132 e. The van der Waals surface area contributed by atoms with Crippen LogP contribution >= 0.6 is 0 Å². The van der Waals surface area contributed by atoms with Crippen LogP contribution in [0.5, 0.6) is 5.75 Å². The zero-order chi connectivity index (χ0) is 16.4. The summed E-state index contributed by atoms with van der Waals surface area (Å²) in [5.41, 5.74) is 3.18. The molecule has 2 aromatic heterocycles. The van der Waals surface area contributed by atoms with Gasteiger partial charge in [-0.1, -0.05) is 0 Å². The van der Waals surface area contributed by atoms with Crippen molar-refractivity contribution >= 4 is 11.0 Å². The van der Waals surface area contributed by atoms with Crippen molar-refractivity contribution in [1.29, 1.82) is 0 Å². The molecule has 0 atom stereocenters. The van der Waals surface area contributed by atoms with Crippen LogP contribution in [0.25, 0.3) is 16.7 Å². The molecule has 2 heterocycles. The average Bonchev–Trinajstić information content (AvgIpc) is 3.09. The lowest BCUT2D eigenvalue weighted by molar-refractivity contribution is 0.301. The van der Waals surface area contributed by atoms with Crippen LogP contribution < -0.4 is 4.74 Å². The van der Waals surface area contributed by atoms with Crippen LogP contribution in [0.1, 0.15) is 5.69 Å². The van der Waals surface area contributed by atoms with E-state index in [-0.39, 0.29) is 5.82 Å². The fourth-order valence-electron chi connectivity index (χ4n) is 2.37. The van der Waals surface area contributed by atoms with Crippen molar-refractivity contribution in [2.75, 3.05) is 0 Å². The minimum atomic E-state index is -0.270. The Morgan fingerprint density at radius 2 is 1.71 bits per heavy atom. The van der Waals surface area contributed by atoms with Gasteiger partial charge in [-0.25, -0.2) is 9.07 Å². The predicted molar refractivity (Wildman–Crippen MR) is 87.4 cm³/mol. The number of hydrogen-bond donors (Lipinski definition) is 0. The zero-order valence-corrected chi connectivity index (χ0v) is 12.6. The second kappa shape index (κ2) is 6.08. The molecule has 2 aromatic carbocycles. The summed E-state index contributed by atoms with van der Waals surface area (Å²) in [6.45, 7) is 0.333. The maximum absolute atomic E-state index is 13.0. The summed E-state index contributed by atoms with van der Waals surface area (Å²) >= 11 is 0. The maximum atomic E-state index is 13.0. The molecule has 0 saturated heterocycles. The van der Waals surface area contributed by atoms with Crippen molar-refractivity contribution < 1.29 is 9.13 Å². The van der Waals surface area contributed by atoms with E-state index in [1.54, 1.807) is 29.2 Å². The van der Waals surface area contributed by atoms with E-state index in [4.69, 9.17) is 4.74 Å². The quantitative estimate of drug-likeness (QED) is 0.577. The van der Waals surface area contributed by atoms with Gasteiger partial charge in [0.05, 0.1) is 16.7 Å². The Balaban J connectivity index is 1.48. The van der Waals surface area contributed by atoms with Crippen molar-refractivity contribution in [3.8, 4) is 11.4 Å². The first kappa shape index (κ1) is 14.3. The van der Waals surface area contributed by atoms with Crippen LogP contribution in [0.3, 0.4) is 0 Å². The Morgan fingerprint density at radius 3 is 2.54 bits per heavy atom. The van der Waals surface area contributed by atoms with Gasteiger partial charge in [-0.2, -0.15) is 5.10 Å². The lowest BCUT2D eigenvalue weighted by Gasteiger charge is -2.05. The molecule has 0 amide bonds. The number of ether oxygens (including phenoxy) is 1. The van der Waals surface area contributed by atoms with Crippen molar-refractivity contribution in [2.45, 2.75) is 6.61 Å². The van der Waals surface area contributed by atoms with Gasteiger partial charge >= 0.3 is 0 Å². The molecule has 0 aliphatic carbocycles. The molecule has 0 unspecified atom stereocenters. The molecule has 4 rings (SSSR count). The van der Waals surface area contributed by atoms with Crippen molar-refractivity contribution in [1.82, 2.24) is 19.7 Å². The third-order valence-corrected chi connectivity index (χ3v) is 3.56. The predicted octanol–water partition coefficient (Wildman–Crippen LogP) is 3.53. The molecule has 0 aliphatic heterocycles. The highest BCUT2D eigenvalue weighted by Gasteiger charge is 2.04. The van der Waals surface area contributed by atoms with Gasteiger partial charge in [-0.15, -0.1) is 0 Å². The molecule has 24 heavy (non-hydrogen) atoms. The minimum Gasteiger partial charge on any atom is -0.487 e. The molecular weight excluding hydrogens is 307 g/mol. The van der Waals surface area contributed by atoms with Crippen molar-refractivity contribution in [2.24, 2.45) is 0 Å². The highest BCUT2D eigenvalue weighted by molar-refractivity contribution is 5.75. The SMILES string of the molecule is Fc1ccc(-n2ccc(COc3ccc4nccnc4c3)n2)cc1. The molecule has 0 fully saturated rings. The summed E-state index contributed by atoms with van der Waals surface area (Å²) in [6, 6.07) is 13.6. The number of fused-ring (bicyclic) bond motifs is 1. The summed E-state index contributed by atoms with van der Waals surface area (Å²) < 4.78 is 20.4. The topological polar surface area (TPSA) is 52.8 Å². The van der Waals surface area contributed by atoms with Gasteiger partial charge in [0.25, 0.3) is 0 Å². The first-order valence-corrected chi connectivity index (χ1v) is 7.42. The van der Waals surface area contributed by atoms with E-state index in [9.17, 15) is 4.39 Å². The number of benzene rings is 2. The molecule has 4 aromatic rings. The average molecular weight is 320 g/mol. The van der Waals surface area contributed by atoms with Gasteiger partial charge in [0.2, 0.25) is 0 Å². The summed E-state index contributed by atoms with van der Waals surface area (Å²) in [5, 5.41) is 4.43. The number of aromatic nitrogens is 4. The molecule has 0 radical (unpaired) electrons. The van der Waals surface area contributed by atoms with Crippen molar-refractivity contribution in [3.05, 3.63) is 78.6 Å². The molecule has 0 saturated carbocycles. The molecule has 0 bridgehead atoms. The Hall–Kier alpha value is -3.28. The van der Waals surface area contributed by atoms with Gasteiger partial charge in [0.15, 0.2) is 0 Å². The second-order valence-electron chi connectivity index (χ2n) is 5.22. The van der Waals surface area contributed by atoms with E-state index in [1.165, 1.54) is 12.1 Å². The van der Waals surface area contributed by atoms with E-state index >= 15 is 0 Å². The van der Waals surface area contributed by atoms with E-state index in [0.717, 1.165) is 22.4 Å². The number of nitrogens with zero attached hydrogens (tertiary/aromatic N) is 4. The van der Waals surface area contributed by atoms with E-state index < -0.39 is 0 Å². The standard InChI is InChI=1S/C18H13FN4O/c19-13-1-3-15(4-2-13)23-10-7-14(22-23)12-24-16-5-6-17-18(11-16)21-9-8-20-17/h1-11H,12H2.